The zero-order chi connectivity index (χ0) is 17.3. The summed E-state index contributed by atoms with van der Waals surface area (Å²) in [6, 6.07) is 13.4. The number of alkyl halides is 3. The van der Waals surface area contributed by atoms with Gasteiger partial charge in [-0.15, -0.1) is 0 Å². The summed E-state index contributed by atoms with van der Waals surface area (Å²) in [5.41, 5.74) is 1.32. The summed E-state index contributed by atoms with van der Waals surface area (Å²) >= 11 is 0. The molecule has 0 spiro atoms. The minimum atomic E-state index is -4.55. The van der Waals surface area contributed by atoms with Crippen LogP contribution in [0.2, 0.25) is 0 Å². The molecule has 1 heterocycles. The highest BCUT2D eigenvalue weighted by Gasteiger charge is 2.35. The van der Waals surface area contributed by atoms with Crippen LogP contribution in [0.3, 0.4) is 0 Å². The largest absolute Gasteiger partial charge is 0.435 e. The minimum Gasteiger partial charge on any atom is -0.233 e. The van der Waals surface area contributed by atoms with Crippen LogP contribution >= 0.6 is 0 Å². The summed E-state index contributed by atoms with van der Waals surface area (Å²) in [4.78, 5) is 0. The van der Waals surface area contributed by atoms with Gasteiger partial charge in [-0.3, -0.25) is 0 Å². The number of aromatic nitrogens is 2. The molecule has 3 rings (SSSR count). The Morgan fingerprint density at radius 2 is 1.58 bits per heavy atom. The standard InChI is InChI=1S/C18H14F4N2/c1-2-12-3-9-15(10-4-12)24-16(11-17(23-24)18(20,21)22)13-5-7-14(19)8-6-13/h3-11H,2H2,1H3. The zero-order valence-electron chi connectivity index (χ0n) is 12.8. The normalized spacial score (nSPS) is 11.7. The van der Waals surface area contributed by atoms with E-state index in [1.54, 1.807) is 12.1 Å². The van der Waals surface area contributed by atoms with Crippen molar-refractivity contribution in [3.63, 3.8) is 0 Å². The number of benzene rings is 2. The fourth-order valence-electron chi connectivity index (χ4n) is 2.42. The Kier molecular flexibility index (Phi) is 4.13. The highest BCUT2D eigenvalue weighted by Crippen LogP contribution is 2.33. The molecule has 24 heavy (non-hydrogen) atoms. The van der Waals surface area contributed by atoms with Crippen LogP contribution in [0.4, 0.5) is 17.6 Å². The number of hydrogen-bond acceptors (Lipinski definition) is 1. The van der Waals surface area contributed by atoms with Crippen molar-refractivity contribution in [3.05, 3.63) is 71.7 Å². The third kappa shape index (κ3) is 3.18. The molecule has 2 nitrogen and oxygen atoms in total. The monoisotopic (exact) mass is 334 g/mol. The minimum absolute atomic E-state index is 0.256. The molecule has 3 aromatic rings. The summed E-state index contributed by atoms with van der Waals surface area (Å²) in [5.74, 6) is -0.451. The quantitative estimate of drug-likeness (QED) is 0.598. The van der Waals surface area contributed by atoms with Crippen LogP contribution in [0, 0.1) is 5.82 Å². The van der Waals surface area contributed by atoms with Crippen molar-refractivity contribution in [2.75, 3.05) is 0 Å². The molecule has 124 valence electrons. The number of rotatable bonds is 3. The molecule has 0 atom stereocenters. The van der Waals surface area contributed by atoms with Crippen molar-refractivity contribution in [2.24, 2.45) is 0 Å². The van der Waals surface area contributed by atoms with Crippen LogP contribution in [0.15, 0.2) is 54.6 Å². The van der Waals surface area contributed by atoms with Crippen molar-refractivity contribution >= 4 is 0 Å². The Morgan fingerprint density at radius 1 is 0.958 bits per heavy atom. The van der Waals surface area contributed by atoms with Gasteiger partial charge >= 0.3 is 6.18 Å². The van der Waals surface area contributed by atoms with Crippen molar-refractivity contribution in [2.45, 2.75) is 19.5 Å². The summed E-state index contributed by atoms with van der Waals surface area (Å²) < 4.78 is 53.5. The first-order chi connectivity index (χ1) is 11.4. The number of aryl methyl sites for hydroxylation is 1. The number of hydrogen-bond donors (Lipinski definition) is 0. The van der Waals surface area contributed by atoms with Gasteiger partial charge in [-0.1, -0.05) is 19.1 Å². The molecule has 0 aliphatic rings. The molecule has 1 aromatic heterocycles. The SMILES string of the molecule is CCc1ccc(-n2nc(C(F)(F)F)cc2-c2ccc(F)cc2)cc1. The van der Waals surface area contributed by atoms with Crippen LogP contribution in [-0.2, 0) is 12.6 Å². The van der Waals surface area contributed by atoms with Gasteiger partial charge in [0.15, 0.2) is 5.69 Å². The van der Waals surface area contributed by atoms with Crippen LogP contribution < -0.4 is 0 Å². The predicted molar refractivity (Wildman–Crippen MR) is 83.3 cm³/mol. The Hall–Kier alpha value is -2.63. The van der Waals surface area contributed by atoms with Crippen molar-refractivity contribution in [1.82, 2.24) is 9.78 Å². The summed E-state index contributed by atoms with van der Waals surface area (Å²) in [6.07, 6.45) is -3.72. The van der Waals surface area contributed by atoms with E-state index in [0.717, 1.165) is 18.1 Å². The maximum atomic E-state index is 13.1. The summed E-state index contributed by atoms with van der Waals surface area (Å²) in [7, 11) is 0. The Labute approximate surface area is 136 Å². The van der Waals surface area contributed by atoms with E-state index >= 15 is 0 Å². The fraction of sp³-hybridized carbons (Fsp3) is 0.167. The molecule has 0 unspecified atom stereocenters. The van der Waals surface area contributed by atoms with Crippen LogP contribution in [0.25, 0.3) is 16.9 Å². The highest BCUT2D eigenvalue weighted by molar-refractivity contribution is 5.63. The topological polar surface area (TPSA) is 17.8 Å². The Bertz CT molecular complexity index is 831. The highest BCUT2D eigenvalue weighted by atomic mass is 19.4. The molecule has 0 aliphatic carbocycles. The molecule has 0 N–H and O–H groups in total. The van der Waals surface area contributed by atoms with Gasteiger partial charge in [-0.05, 0) is 54.4 Å². The average Bonchev–Trinajstić information content (AvgIpc) is 3.01. The van der Waals surface area contributed by atoms with E-state index in [0.29, 0.717) is 11.3 Å². The Morgan fingerprint density at radius 3 is 2.12 bits per heavy atom. The third-order valence-corrected chi connectivity index (χ3v) is 3.73. The van der Waals surface area contributed by atoms with Gasteiger partial charge in [-0.25, -0.2) is 9.07 Å². The fourth-order valence-corrected chi connectivity index (χ4v) is 2.42. The van der Waals surface area contributed by atoms with Crippen LogP contribution in [0.1, 0.15) is 18.2 Å². The van der Waals surface area contributed by atoms with E-state index in [9.17, 15) is 17.6 Å². The lowest BCUT2D eigenvalue weighted by Crippen LogP contribution is -2.07. The van der Waals surface area contributed by atoms with Gasteiger partial charge in [-0.2, -0.15) is 18.3 Å². The van der Waals surface area contributed by atoms with Gasteiger partial charge in [0.1, 0.15) is 5.82 Å². The molecular weight excluding hydrogens is 320 g/mol. The van der Waals surface area contributed by atoms with E-state index in [1.165, 1.54) is 28.9 Å². The molecule has 0 fully saturated rings. The van der Waals surface area contributed by atoms with Crippen molar-refractivity contribution in [1.29, 1.82) is 0 Å². The predicted octanol–water partition coefficient (Wildman–Crippen LogP) is 5.26. The summed E-state index contributed by atoms with van der Waals surface area (Å²) in [6.45, 7) is 1.99. The lowest BCUT2D eigenvalue weighted by atomic mass is 10.1. The molecule has 0 saturated heterocycles. The second kappa shape index (κ2) is 6.11. The first-order valence-electron chi connectivity index (χ1n) is 7.41. The molecule has 0 radical (unpaired) electrons. The van der Waals surface area contributed by atoms with E-state index in [2.05, 4.69) is 5.10 Å². The van der Waals surface area contributed by atoms with Crippen molar-refractivity contribution in [3.8, 4) is 16.9 Å². The van der Waals surface area contributed by atoms with Gasteiger partial charge in [0, 0.05) is 5.56 Å². The molecular formula is C18H14F4N2. The van der Waals surface area contributed by atoms with E-state index in [1.807, 2.05) is 19.1 Å². The maximum absolute atomic E-state index is 13.1. The first kappa shape index (κ1) is 16.2. The molecule has 0 amide bonds. The third-order valence-electron chi connectivity index (χ3n) is 3.73. The van der Waals surface area contributed by atoms with Gasteiger partial charge in [0.25, 0.3) is 0 Å². The Balaban J connectivity index is 2.15. The summed E-state index contributed by atoms with van der Waals surface area (Å²) in [5, 5.41) is 3.70. The van der Waals surface area contributed by atoms with Gasteiger partial charge in [0.2, 0.25) is 0 Å². The van der Waals surface area contributed by atoms with E-state index in [-0.39, 0.29) is 5.69 Å². The van der Waals surface area contributed by atoms with Crippen LogP contribution in [-0.4, -0.2) is 9.78 Å². The zero-order valence-corrected chi connectivity index (χ0v) is 12.8. The van der Waals surface area contributed by atoms with Gasteiger partial charge in [0.05, 0.1) is 11.4 Å². The van der Waals surface area contributed by atoms with Crippen LogP contribution in [0.5, 0.6) is 0 Å². The first-order valence-corrected chi connectivity index (χ1v) is 7.41. The van der Waals surface area contributed by atoms with E-state index < -0.39 is 17.7 Å². The molecule has 0 bridgehead atoms. The van der Waals surface area contributed by atoms with E-state index in [4.69, 9.17) is 0 Å². The smallest absolute Gasteiger partial charge is 0.233 e. The number of halogens is 4. The molecule has 6 heteroatoms. The lowest BCUT2D eigenvalue weighted by Gasteiger charge is -2.08. The molecule has 0 saturated carbocycles. The number of nitrogens with zero attached hydrogens (tertiary/aromatic N) is 2. The lowest BCUT2D eigenvalue weighted by molar-refractivity contribution is -0.141. The maximum Gasteiger partial charge on any atom is 0.435 e. The van der Waals surface area contributed by atoms with Gasteiger partial charge < -0.3 is 0 Å². The molecule has 2 aromatic carbocycles. The van der Waals surface area contributed by atoms with Crippen molar-refractivity contribution < 1.29 is 17.6 Å². The second-order valence-electron chi connectivity index (χ2n) is 5.35. The second-order valence-corrected chi connectivity index (χ2v) is 5.35. The molecule has 0 aliphatic heterocycles. The average molecular weight is 334 g/mol.